The fraction of sp³-hybridized carbons (Fsp3) is 1.00. The van der Waals surface area contributed by atoms with Gasteiger partial charge in [-0.25, -0.2) is 0 Å². The maximum absolute atomic E-state index is 6.24. The Morgan fingerprint density at radius 3 is 1.91 bits per heavy atom. The van der Waals surface area contributed by atoms with Crippen LogP contribution in [-0.4, -0.2) is 11.2 Å². The van der Waals surface area contributed by atoms with Crippen LogP contribution < -0.4 is 0 Å². The first-order chi connectivity index (χ1) is 5.29. The molecule has 1 aliphatic heterocycles. The van der Waals surface area contributed by atoms with Crippen LogP contribution in [0.1, 0.15) is 44.9 Å². The Balaban J connectivity index is 1.80. The van der Waals surface area contributed by atoms with Gasteiger partial charge in [0.15, 0.2) is 0 Å². The van der Waals surface area contributed by atoms with E-state index in [-0.39, 0.29) is 0 Å². The fourth-order valence-corrected chi connectivity index (χ4v) is 3.28. The fourth-order valence-electron chi connectivity index (χ4n) is 3.28. The molecule has 1 heterocycles. The third-order valence-corrected chi connectivity index (χ3v) is 4.40. The lowest BCUT2D eigenvalue weighted by atomic mass is 9.93. The monoisotopic (exact) mass is 150 g/mol. The first-order valence-corrected chi connectivity index (χ1v) is 4.99. The molecule has 11 heavy (non-hydrogen) atoms. The van der Waals surface area contributed by atoms with Crippen molar-refractivity contribution in [1.82, 2.24) is 0 Å². The molecule has 1 heteroatoms. The smallest absolute Gasteiger partial charge is 0.0749 e. The zero-order valence-electron chi connectivity index (χ0n) is 6.86. The number of hydrogen-bond donors (Lipinski definition) is 0. The van der Waals surface area contributed by atoms with Crippen molar-refractivity contribution in [2.24, 2.45) is 5.41 Å². The van der Waals surface area contributed by atoms with Gasteiger partial charge in [-0.05, 0) is 44.9 Å². The van der Waals surface area contributed by atoms with Crippen molar-refractivity contribution in [3.63, 3.8) is 0 Å². The van der Waals surface area contributed by atoms with E-state index in [1.165, 1.54) is 44.9 Å². The quantitative estimate of drug-likeness (QED) is 0.514. The summed E-state index contributed by atoms with van der Waals surface area (Å²) in [6.45, 7) is 0. The summed E-state index contributed by atoms with van der Waals surface area (Å²) >= 11 is 0. The van der Waals surface area contributed by atoms with Crippen LogP contribution in [0.2, 0.25) is 0 Å². The van der Waals surface area contributed by atoms with Gasteiger partial charge in [-0.3, -0.25) is 0 Å². The second-order valence-corrected chi connectivity index (χ2v) is 5.24. The van der Waals surface area contributed by atoms with Crippen LogP contribution in [0, 0.1) is 5.41 Å². The van der Waals surface area contributed by atoms with E-state index < -0.39 is 0 Å². The van der Waals surface area contributed by atoms with Gasteiger partial charge in [-0.15, -0.1) is 0 Å². The van der Waals surface area contributed by atoms with Crippen LogP contribution in [0.4, 0.5) is 0 Å². The van der Waals surface area contributed by atoms with Gasteiger partial charge in [0.05, 0.1) is 11.2 Å². The number of hydrogen-bond acceptors (Lipinski definition) is 1. The number of fused-ring (bicyclic) bond motifs is 1. The molecular formula is C10H14O. The molecule has 3 spiro atoms. The molecule has 0 N–H and O–H groups in total. The molecule has 4 rings (SSSR count). The van der Waals surface area contributed by atoms with E-state index in [1.54, 1.807) is 0 Å². The summed E-state index contributed by atoms with van der Waals surface area (Å²) in [5, 5.41) is 0. The lowest BCUT2D eigenvalue weighted by Crippen LogP contribution is -2.18. The minimum Gasteiger partial charge on any atom is -0.368 e. The predicted octanol–water partition coefficient (Wildman–Crippen LogP) is 2.25. The standard InChI is InChI=1S/C10H14O/c1-2-8(1)7-9(3-4-9)11-10(8)5-6-10/h1-7H2. The Hall–Kier alpha value is -0.0400. The average molecular weight is 150 g/mol. The summed E-state index contributed by atoms with van der Waals surface area (Å²) in [6, 6.07) is 0. The lowest BCUT2D eigenvalue weighted by molar-refractivity contribution is -0.00297. The van der Waals surface area contributed by atoms with Crippen molar-refractivity contribution in [2.75, 3.05) is 0 Å². The molecule has 3 saturated carbocycles. The molecule has 60 valence electrons. The van der Waals surface area contributed by atoms with Crippen molar-refractivity contribution in [3.8, 4) is 0 Å². The first kappa shape index (κ1) is 5.58. The molecule has 0 unspecified atom stereocenters. The zero-order valence-corrected chi connectivity index (χ0v) is 6.86. The van der Waals surface area contributed by atoms with Gasteiger partial charge in [0.2, 0.25) is 0 Å². The largest absolute Gasteiger partial charge is 0.368 e. The predicted molar refractivity (Wildman–Crippen MR) is 41.3 cm³/mol. The van der Waals surface area contributed by atoms with Crippen molar-refractivity contribution in [3.05, 3.63) is 0 Å². The van der Waals surface area contributed by atoms with Gasteiger partial charge < -0.3 is 4.74 Å². The minimum atomic E-state index is 0.438. The van der Waals surface area contributed by atoms with Gasteiger partial charge in [0, 0.05) is 5.41 Å². The highest BCUT2D eigenvalue weighted by molar-refractivity contribution is 5.26. The van der Waals surface area contributed by atoms with Crippen LogP contribution in [0.3, 0.4) is 0 Å². The molecule has 0 radical (unpaired) electrons. The number of rotatable bonds is 0. The highest BCUT2D eigenvalue weighted by atomic mass is 16.5. The highest BCUT2D eigenvalue weighted by Gasteiger charge is 2.76. The summed E-state index contributed by atoms with van der Waals surface area (Å²) in [4.78, 5) is 0. The van der Waals surface area contributed by atoms with E-state index in [9.17, 15) is 0 Å². The van der Waals surface area contributed by atoms with Crippen molar-refractivity contribution in [1.29, 1.82) is 0 Å². The third-order valence-electron chi connectivity index (χ3n) is 4.40. The van der Waals surface area contributed by atoms with Crippen LogP contribution >= 0.6 is 0 Å². The molecule has 1 saturated heterocycles. The van der Waals surface area contributed by atoms with Crippen molar-refractivity contribution < 1.29 is 4.74 Å². The maximum atomic E-state index is 6.24. The molecule has 4 fully saturated rings. The van der Waals surface area contributed by atoms with E-state index >= 15 is 0 Å². The zero-order chi connectivity index (χ0) is 7.16. The lowest BCUT2D eigenvalue weighted by Gasteiger charge is -2.14. The second kappa shape index (κ2) is 1.19. The Bertz CT molecular complexity index is 209. The summed E-state index contributed by atoms with van der Waals surface area (Å²) < 4.78 is 6.24. The SMILES string of the molecule is C1CC12CC1(CC1)C1(CC1)O2. The van der Waals surface area contributed by atoms with Crippen molar-refractivity contribution >= 4 is 0 Å². The molecule has 0 amide bonds. The average Bonchev–Trinajstić information content (AvgIpc) is 2.70. The van der Waals surface area contributed by atoms with Crippen LogP contribution in [0.5, 0.6) is 0 Å². The topological polar surface area (TPSA) is 9.23 Å². The minimum absolute atomic E-state index is 0.438. The van der Waals surface area contributed by atoms with Crippen molar-refractivity contribution in [2.45, 2.75) is 56.1 Å². The van der Waals surface area contributed by atoms with E-state index in [2.05, 4.69) is 0 Å². The maximum Gasteiger partial charge on any atom is 0.0749 e. The van der Waals surface area contributed by atoms with Gasteiger partial charge in [0.1, 0.15) is 0 Å². The Morgan fingerprint density at radius 1 is 0.818 bits per heavy atom. The van der Waals surface area contributed by atoms with E-state index in [1.807, 2.05) is 0 Å². The summed E-state index contributed by atoms with van der Waals surface area (Å²) in [5.41, 5.74) is 1.61. The molecule has 1 nitrogen and oxygen atoms in total. The summed E-state index contributed by atoms with van der Waals surface area (Å²) in [5.74, 6) is 0. The molecule has 0 bridgehead atoms. The van der Waals surface area contributed by atoms with Crippen LogP contribution in [0.15, 0.2) is 0 Å². The molecule has 4 aliphatic rings. The van der Waals surface area contributed by atoms with E-state index in [0.29, 0.717) is 11.2 Å². The molecule has 0 aromatic heterocycles. The Morgan fingerprint density at radius 2 is 1.55 bits per heavy atom. The molecule has 0 aromatic rings. The second-order valence-electron chi connectivity index (χ2n) is 5.24. The Labute approximate surface area is 67.1 Å². The highest BCUT2D eigenvalue weighted by Crippen LogP contribution is 2.78. The Kier molecular flexibility index (Phi) is 0.602. The van der Waals surface area contributed by atoms with Crippen LogP contribution in [0.25, 0.3) is 0 Å². The molecule has 3 aliphatic carbocycles. The molecular weight excluding hydrogens is 136 g/mol. The molecule has 0 aromatic carbocycles. The first-order valence-electron chi connectivity index (χ1n) is 4.99. The summed E-state index contributed by atoms with van der Waals surface area (Å²) in [6.07, 6.45) is 9.90. The van der Waals surface area contributed by atoms with Gasteiger partial charge in [-0.1, -0.05) is 0 Å². The third kappa shape index (κ3) is 0.488. The van der Waals surface area contributed by atoms with E-state index in [0.717, 1.165) is 5.41 Å². The van der Waals surface area contributed by atoms with Gasteiger partial charge >= 0.3 is 0 Å². The van der Waals surface area contributed by atoms with Crippen LogP contribution in [-0.2, 0) is 4.74 Å². The van der Waals surface area contributed by atoms with Gasteiger partial charge in [-0.2, -0.15) is 0 Å². The normalized spacial score (nSPS) is 43.6. The summed E-state index contributed by atoms with van der Waals surface area (Å²) in [7, 11) is 0. The van der Waals surface area contributed by atoms with Gasteiger partial charge in [0.25, 0.3) is 0 Å². The molecule has 0 atom stereocenters. The van der Waals surface area contributed by atoms with E-state index in [4.69, 9.17) is 4.74 Å². The number of ether oxygens (including phenoxy) is 1.